The number of hydrogen-bond donors (Lipinski definition) is 3. The number of hydrogen-bond acceptors (Lipinski definition) is 6. The van der Waals surface area contributed by atoms with Crippen LogP contribution in [0.5, 0.6) is 0 Å². The van der Waals surface area contributed by atoms with Gasteiger partial charge in [-0.3, -0.25) is 4.79 Å². The van der Waals surface area contributed by atoms with Gasteiger partial charge >= 0.3 is 6.03 Å². The van der Waals surface area contributed by atoms with E-state index in [1.165, 1.54) is 0 Å². The second-order valence-electron chi connectivity index (χ2n) is 8.38. The Balaban J connectivity index is 1.42. The molecule has 10 heteroatoms. The lowest BCUT2D eigenvalue weighted by Gasteiger charge is -2.20. The van der Waals surface area contributed by atoms with E-state index >= 15 is 0 Å². The molecule has 32 heavy (non-hydrogen) atoms. The van der Waals surface area contributed by atoms with Crippen molar-refractivity contribution < 1.29 is 18.6 Å². The summed E-state index contributed by atoms with van der Waals surface area (Å²) < 4.78 is 11.5. The van der Waals surface area contributed by atoms with Crippen LogP contribution < -0.4 is 16.0 Å². The molecule has 0 spiro atoms. The highest BCUT2D eigenvalue weighted by atomic mass is 32.2. The SMILES string of the molecule is CCC(CCCCCNC(=O)CCCCC1SCC2NC(=O)NC21)OP(C)OCCC#N. The molecule has 0 aromatic carbocycles. The molecule has 0 radical (unpaired) electrons. The number of urea groups is 1. The molecule has 3 N–H and O–H groups in total. The first-order chi connectivity index (χ1) is 15.5. The quantitative estimate of drug-likeness (QED) is 0.162. The van der Waals surface area contributed by atoms with Crippen LogP contribution in [0.2, 0.25) is 0 Å². The molecular formula is C22H39N4O4PS. The van der Waals surface area contributed by atoms with Crippen molar-refractivity contribution in [2.75, 3.05) is 25.6 Å². The van der Waals surface area contributed by atoms with Crippen LogP contribution in [0.25, 0.3) is 0 Å². The summed E-state index contributed by atoms with van der Waals surface area (Å²) in [5.74, 6) is 1.12. The molecule has 2 aliphatic heterocycles. The summed E-state index contributed by atoms with van der Waals surface area (Å²) in [6, 6.07) is 2.55. The highest BCUT2D eigenvalue weighted by Gasteiger charge is 2.42. The number of amides is 3. The number of fused-ring (bicyclic) bond motifs is 1. The van der Waals surface area contributed by atoms with Crippen LogP contribution in [0, 0.1) is 11.3 Å². The predicted molar refractivity (Wildman–Crippen MR) is 130 cm³/mol. The van der Waals surface area contributed by atoms with Gasteiger partial charge in [0.05, 0.1) is 37.3 Å². The summed E-state index contributed by atoms with van der Waals surface area (Å²) in [5, 5.41) is 18.0. The van der Waals surface area contributed by atoms with Crippen LogP contribution in [0.3, 0.4) is 0 Å². The fourth-order valence-electron chi connectivity index (χ4n) is 4.06. The van der Waals surface area contributed by atoms with Crippen LogP contribution in [-0.4, -0.2) is 60.9 Å². The molecule has 8 nitrogen and oxygen atoms in total. The largest absolute Gasteiger partial charge is 0.356 e. The van der Waals surface area contributed by atoms with Crippen LogP contribution in [0.15, 0.2) is 0 Å². The fourth-order valence-corrected chi connectivity index (χ4v) is 6.68. The maximum absolute atomic E-state index is 12.0. The third-order valence-corrected chi connectivity index (χ3v) is 8.50. The van der Waals surface area contributed by atoms with E-state index < -0.39 is 8.38 Å². The van der Waals surface area contributed by atoms with E-state index in [1.807, 2.05) is 18.4 Å². The van der Waals surface area contributed by atoms with Gasteiger partial charge in [-0.2, -0.15) is 17.0 Å². The number of carbonyl (C=O) groups is 2. The minimum atomic E-state index is -0.920. The molecule has 0 saturated carbocycles. The van der Waals surface area contributed by atoms with E-state index in [-0.39, 0.29) is 30.1 Å². The van der Waals surface area contributed by atoms with Crippen LogP contribution in [0.4, 0.5) is 4.79 Å². The molecule has 0 bridgehead atoms. The Morgan fingerprint density at radius 2 is 2.16 bits per heavy atom. The van der Waals surface area contributed by atoms with E-state index in [9.17, 15) is 9.59 Å². The molecule has 2 rings (SSSR count). The third kappa shape index (κ3) is 10.2. The van der Waals surface area contributed by atoms with Gasteiger partial charge in [0.25, 0.3) is 0 Å². The van der Waals surface area contributed by atoms with Gasteiger partial charge in [-0.15, -0.1) is 0 Å². The second-order valence-corrected chi connectivity index (χ2v) is 11.0. The maximum atomic E-state index is 12.0. The zero-order chi connectivity index (χ0) is 23.2. The van der Waals surface area contributed by atoms with E-state index in [0.717, 1.165) is 63.7 Å². The molecule has 2 aliphatic rings. The first-order valence-corrected chi connectivity index (χ1v) is 14.6. The summed E-state index contributed by atoms with van der Waals surface area (Å²) in [7, 11) is -0.920. The van der Waals surface area contributed by atoms with E-state index in [4.69, 9.17) is 14.3 Å². The van der Waals surface area contributed by atoms with Gasteiger partial charge in [-0.05, 0) is 32.1 Å². The number of nitrogens with one attached hydrogen (secondary N) is 3. The lowest BCUT2D eigenvalue weighted by Crippen LogP contribution is -2.36. The maximum Gasteiger partial charge on any atom is 0.315 e. The predicted octanol–water partition coefficient (Wildman–Crippen LogP) is 4.06. The average Bonchev–Trinajstić information content (AvgIpc) is 3.32. The minimum Gasteiger partial charge on any atom is -0.356 e. The Morgan fingerprint density at radius 1 is 1.31 bits per heavy atom. The van der Waals surface area contributed by atoms with Crippen molar-refractivity contribution in [2.24, 2.45) is 0 Å². The minimum absolute atomic E-state index is 0.0427. The average molecular weight is 487 g/mol. The van der Waals surface area contributed by atoms with Crippen LogP contribution in [0.1, 0.15) is 71.1 Å². The highest BCUT2D eigenvalue weighted by Crippen LogP contribution is 2.37. The summed E-state index contributed by atoms with van der Waals surface area (Å²) in [5.41, 5.74) is 0. The third-order valence-electron chi connectivity index (χ3n) is 5.85. The number of unbranched alkanes of at least 4 members (excludes halogenated alkanes) is 3. The standard InChI is InChI=1S/C22H39N4O4PS/c1-3-17(30-31(2)29-15-9-13-23)10-5-4-8-14-24-20(27)12-7-6-11-19-21-18(16-32-19)25-22(28)26-21/h17-19,21H,3-12,14-16H2,1-2H3,(H,24,27)(H2,25,26,28). The Morgan fingerprint density at radius 3 is 2.94 bits per heavy atom. The van der Waals surface area contributed by atoms with Crippen molar-refractivity contribution in [3.63, 3.8) is 0 Å². The molecule has 5 unspecified atom stereocenters. The number of nitriles is 1. The highest BCUT2D eigenvalue weighted by molar-refractivity contribution is 8.00. The molecule has 2 heterocycles. The first kappa shape index (κ1) is 27.2. The molecular weight excluding hydrogens is 447 g/mol. The van der Waals surface area contributed by atoms with E-state index in [2.05, 4.69) is 28.9 Å². The fraction of sp³-hybridized carbons (Fsp3) is 0.864. The summed E-state index contributed by atoms with van der Waals surface area (Å²) in [6.45, 7) is 5.23. The molecule has 0 aliphatic carbocycles. The molecule has 182 valence electrons. The number of rotatable bonds is 17. The molecule has 0 aromatic heterocycles. The normalized spacial score (nSPS) is 23.7. The summed E-state index contributed by atoms with van der Waals surface area (Å²) in [4.78, 5) is 23.5. The van der Waals surface area contributed by atoms with Crippen molar-refractivity contribution in [3.8, 4) is 6.07 Å². The molecule has 5 atom stereocenters. The Labute approximate surface area is 198 Å². The van der Waals surface area contributed by atoms with Gasteiger partial charge in [0.2, 0.25) is 5.91 Å². The van der Waals surface area contributed by atoms with E-state index in [1.54, 1.807) is 0 Å². The second kappa shape index (κ2) is 15.7. The monoisotopic (exact) mass is 486 g/mol. The first-order valence-electron chi connectivity index (χ1n) is 11.9. The number of carbonyl (C=O) groups excluding carboxylic acids is 2. The molecule has 2 saturated heterocycles. The Hall–Kier alpha value is -1.07. The van der Waals surface area contributed by atoms with Crippen molar-refractivity contribution in [2.45, 2.75) is 94.6 Å². The summed E-state index contributed by atoms with van der Waals surface area (Å²) >= 11 is 1.92. The zero-order valence-corrected chi connectivity index (χ0v) is 21.1. The van der Waals surface area contributed by atoms with Crippen molar-refractivity contribution in [3.05, 3.63) is 0 Å². The molecule has 0 aromatic rings. The van der Waals surface area contributed by atoms with Crippen LogP contribution in [-0.2, 0) is 13.8 Å². The van der Waals surface area contributed by atoms with Gasteiger partial charge < -0.3 is 25.0 Å². The lowest BCUT2D eigenvalue weighted by atomic mass is 10.0. The van der Waals surface area contributed by atoms with Crippen molar-refractivity contribution in [1.82, 2.24) is 16.0 Å². The Bertz CT molecular complexity index is 621. The number of nitrogens with zero attached hydrogens (tertiary/aromatic N) is 1. The van der Waals surface area contributed by atoms with Crippen molar-refractivity contribution >= 4 is 32.1 Å². The molecule has 2 fully saturated rings. The van der Waals surface area contributed by atoms with Gasteiger partial charge in [0.1, 0.15) is 0 Å². The van der Waals surface area contributed by atoms with Gasteiger partial charge in [-0.1, -0.05) is 26.2 Å². The van der Waals surface area contributed by atoms with Gasteiger partial charge in [0.15, 0.2) is 8.38 Å². The van der Waals surface area contributed by atoms with Crippen molar-refractivity contribution in [1.29, 1.82) is 5.26 Å². The Kier molecular flexibility index (Phi) is 13.3. The van der Waals surface area contributed by atoms with Gasteiger partial charge in [0, 0.05) is 30.6 Å². The summed E-state index contributed by atoms with van der Waals surface area (Å²) in [6.07, 6.45) is 9.21. The molecule has 3 amide bonds. The topological polar surface area (TPSA) is 112 Å². The van der Waals surface area contributed by atoms with E-state index in [0.29, 0.717) is 24.7 Å². The lowest BCUT2D eigenvalue weighted by molar-refractivity contribution is -0.121. The zero-order valence-electron chi connectivity index (χ0n) is 19.4. The van der Waals surface area contributed by atoms with Gasteiger partial charge in [-0.25, -0.2) is 4.79 Å². The smallest absolute Gasteiger partial charge is 0.315 e. The van der Waals surface area contributed by atoms with Crippen LogP contribution >= 0.6 is 20.1 Å². The number of thioether (sulfide) groups is 1.